The van der Waals surface area contributed by atoms with Gasteiger partial charge in [0, 0.05) is 18.7 Å². The molecular weight excluding hydrogens is 314 g/mol. The highest BCUT2D eigenvalue weighted by atomic mass is 32.2. The van der Waals surface area contributed by atoms with Gasteiger partial charge in [-0.15, -0.1) is 0 Å². The fraction of sp³-hybridized carbons (Fsp3) is 0.438. The highest BCUT2D eigenvalue weighted by Crippen LogP contribution is 2.36. The van der Waals surface area contributed by atoms with E-state index in [2.05, 4.69) is 9.88 Å². The van der Waals surface area contributed by atoms with Crippen LogP contribution in [0.4, 0.5) is 0 Å². The van der Waals surface area contributed by atoms with Gasteiger partial charge in [0.05, 0.1) is 11.7 Å². The summed E-state index contributed by atoms with van der Waals surface area (Å²) in [6.45, 7) is 4.48. The predicted molar refractivity (Wildman–Crippen MR) is 86.9 cm³/mol. The molecule has 0 radical (unpaired) electrons. The molecule has 7 heteroatoms. The lowest BCUT2D eigenvalue weighted by atomic mass is 10.0. The van der Waals surface area contributed by atoms with Crippen LogP contribution in [0.25, 0.3) is 0 Å². The van der Waals surface area contributed by atoms with Crippen LogP contribution >= 0.6 is 0 Å². The van der Waals surface area contributed by atoms with E-state index < -0.39 is 10.2 Å². The molecule has 1 aliphatic rings. The predicted octanol–water partition coefficient (Wildman–Crippen LogP) is 2.46. The van der Waals surface area contributed by atoms with Gasteiger partial charge in [-0.1, -0.05) is 35.5 Å². The van der Waals surface area contributed by atoms with E-state index in [1.807, 2.05) is 44.2 Å². The van der Waals surface area contributed by atoms with Crippen LogP contribution in [0, 0.1) is 13.8 Å². The van der Waals surface area contributed by atoms with Crippen molar-refractivity contribution in [3.05, 3.63) is 52.9 Å². The Hall–Kier alpha value is -1.70. The molecule has 1 aliphatic heterocycles. The molecule has 2 aromatic rings. The number of nitrogens with one attached hydrogen (secondary N) is 1. The van der Waals surface area contributed by atoms with Crippen molar-refractivity contribution in [1.82, 2.24) is 14.2 Å². The van der Waals surface area contributed by atoms with Crippen LogP contribution in [0.15, 0.2) is 34.9 Å². The fourth-order valence-corrected chi connectivity index (χ4v) is 4.57. The molecule has 0 spiro atoms. The molecule has 0 aliphatic carbocycles. The van der Waals surface area contributed by atoms with Crippen LogP contribution in [-0.4, -0.2) is 24.4 Å². The lowest BCUT2D eigenvalue weighted by Crippen LogP contribution is -2.40. The Morgan fingerprint density at radius 1 is 1.30 bits per heavy atom. The van der Waals surface area contributed by atoms with Crippen molar-refractivity contribution in [2.75, 3.05) is 6.54 Å². The molecule has 1 N–H and O–H groups in total. The Morgan fingerprint density at radius 2 is 2.04 bits per heavy atom. The highest BCUT2D eigenvalue weighted by Gasteiger charge is 2.37. The van der Waals surface area contributed by atoms with E-state index in [0.717, 1.165) is 29.7 Å². The molecule has 1 aromatic carbocycles. The van der Waals surface area contributed by atoms with Gasteiger partial charge < -0.3 is 4.52 Å². The van der Waals surface area contributed by atoms with Crippen LogP contribution in [0.5, 0.6) is 0 Å². The molecule has 1 atom stereocenters. The van der Waals surface area contributed by atoms with Gasteiger partial charge in [0.1, 0.15) is 5.76 Å². The molecular formula is C16H21N3O3S. The third kappa shape index (κ3) is 3.31. The second kappa shape index (κ2) is 6.43. The number of hydrogen-bond acceptors (Lipinski definition) is 4. The highest BCUT2D eigenvalue weighted by molar-refractivity contribution is 7.87. The third-order valence-electron chi connectivity index (χ3n) is 4.24. The second-order valence-electron chi connectivity index (χ2n) is 5.82. The molecule has 0 bridgehead atoms. The molecule has 1 saturated heterocycles. The maximum Gasteiger partial charge on any atom is 0.280 e. The van der Waals surface area contributed by atoms with Crippen molar-refractivity contribution < 1.29 is 12.9 Å². The van der Waals surface area contributed by atoms with E-state index >= 15 is 0 Å². The SMILES string of the molecule is Cc1noc(C)c1[C@H]1CCCN1S(=O)(=O)NCc1ccccc1. The van der Waals surface area contributed by atoms with Crippen molar-refractivity contribution >= 4 is 10.2 Å². The van der Waals surface area contributed by atoms with E-state index in [1.54, 1.807) is 0 Å². The number of rotatable bonds is 5. The number of hydrogen-bond donors (Lipinski definition) is 1. The fourth-order valence-electron chi connectivity index (χ4n) is 3.14. The number of aromatic nitrogens is 1. The Balaban J connectivity index is 1.79. The van der Waals surface area contributed by atoms with E-state index in [0.29, 0.717) is 12.3 Å². The topological polar surface area (TPSA) is 75.4 Å². The molecule has 6 nitrogen and oxygen atoms in total. The molecule has 0 unspecified atom stereocenters. The summed E-state index contributed by atoms with van der Waals surface area (Å²) < 4.78 is 34.8. The van der Waals surface area contributed by atoms with Gasteiger partial charge in [0.25, 0.3) is 10.2 Å². The zero-order chi connectivity index (χ0) is 16.4. The first-order valence-corrected chi connectivity index (χ1v) is 9.16. The largest absolute Gasteiger partial charge is 0.361 e. The van der Waals surface area contributed by atoms with Crippen LogP contribution < -0.4 is 4.72 Å². The van der Waals surface area contributed by atoms with Crippen molar-refractivity contribution in [1.29, 1.82) is 0 Å². The van der Waals surface area contributed by atoms with Gasteiger partial charge in [-0.2, -0.15) is 17.4 Å². The van der Waals surface area contributed by atoms with Gasteiger partial charge in [-0.05, 0) is 32.3 Å². The van der Waals surface area contributed by atoms with Gasteiger partial charge in [0.2, 0.25) is 0 Å². The van der Waals surface area contributed by atoms with Gasteiger partial charge in [0.15, 0.2) is 0 Å². The average Bonchev–Trinajstić information content (AvgIpc) is 3.13. The normalized spacial score (nSPS) is 19.3. The van der Waals surface area contributed by atoms with E-state index in [9.17, 15) is 8.42 Å². The summed E-state index contributed by atoms with van der Waals surface area (Å²) in [6.07, 6.45) is 1.62. The van der Waals surface area contributed by atoms with Gasteiger partial charge in [-0.3, -0.25) is 0 Å². The summed E-state index contributed by atoms with van der Waals surface area (Å²) in [4.78, 5) is 0. The van der Waals surface area contributed by atoms with Gasteiger partial charge >= 0.3 is 0 Å². The number of aryl methyl sites for hydroxylation is 2. The van der Waals surface area contributed by atoms with E-state index in [4.69, 9.17) is 4.52 Å². The van der Waals surface area contributed by atoms with Crippen LogP contribution in [0.3, 0.4) is 0 Å². The minimum Gasteiger partial charge on any atom is -0.361 e. The maximum absolute atomic E-state index is 12.7. The minimum absolute atomic E-state index is 0.200. The molecule has 1 aromatic heterocycles. The summed E-state index contributed by atoms with van der Waals surface area (Å²) in [5.41, 5.74) is 2.59. The Bertz CT molecular complexity index is 752. The van der Waals surface area contributed by atoms with Crippen molar-refractivity contribution in [2.24, 2.45) is 0 Å². The van der Waals surface area contributed by atoms with Crippen LogP contribution in [-0.2, 0) is 16.8 Å². The molecule has 1 fully saturated rings. The average molecular weight is 335 g/mol. The molecule has 23 heavy (non-hydrogen) atoms. The zero-order valence-corrected chi connectivity index (χ0v) is 14.1. The summed E-state index contributed by atoms with van der Waals surface area (Å²) in [5.74, 6) is 0.692. The Kier molecular flexibility index (Phi) is 4.52. The van der Waals surface area contributed by atoms with E-state index in [-0.39, 0.29) is 12.6 Å². The van der Waals surface area contributed by atoms with Crippen molar-refractivity contribution in [3.63, 3.8) is 0 Å². The van der Waals surface area contributed by atoms with Crippen molar-refractivity contribution in [2.45, 2.75) is 39.3 Å². The summed E-state index contributed by atoms with van der Waals surface area (Å²) in [7, 11) is -3.55. The zero-order valence-electron chi connectivity index (χ0n) is 13.3. The molecule has 0 saturated carbocycles. The molecule has 0 amide bonds. The number of nitrogens with zero attached hydrogens (tertiary/aromatic N) is 2. The summed E-state index contributed by atoms with van der Waals surface area (Å²) in [6, 6.07) is 9.30. The quantitative estimate of drug-likeness (QED) is 0.911. The summed E-state index contributed by atoms with van der Waals surface area (Å²) in [5, 5.41) is 3.95. The lowest BCUT2D eigenvalue weighted by molar-refractivity contribution is 0.372. The first-order chi connectivity index (χ1) is 11.0. The number of benzene rings is 1. The second-order valence-corrected chi connectivity index (χ2v) is 7.53. The molecule has 124 valence electrons. The van der Waals surface area contributed by atoms with Crippen LogP contribution in [0.1, 0.15) is 41.5 Å². The monoisotopic (exact) mass is 335 g/mol. The van der Waals surface area contributed by atoms with Gasteiger partial charge in [-0.25, -0.2) is 0 Å². The first-order valence-electron chi connectivity index (χ1n) is 7.72. The summed E-state index contributed by atoms with van der Waals surface area (Å²) >= 11 is 0. The maximum atomic E-state index is 12.7. The molecule has 2 heterocycles. The standard InChI is InChI=1S/C16H21N3O3S/c1-12-16(13(2)22-18-12)15-9-6-10-19(15)23(20,21)17-11-14-7-4-3-5-8-14/h3-5,7-8,15,17H,6,9-11H2,1-2H3/t15-/m1/s1. The molecule has 3 rings (SSSR count). The third-order valence-corrected chi connectivity index (χ3v) is 5.80. The first kappa shape index (κ1) is 16.2. The van der Waals surface area contributed by atoms with Crippen molar-refractivity contribution in [3.8, 4) is 0 Å². The lowest BCUT2D eigenvalue weighted by Gasteiger charge is -2.24. The minimum atomic E-state index is -3.55. The Morgan fingerprint density at radius 3 is 2.70 bits per heavy atom. The van der Waals surface area contributed by atoms with E-state index in [1.165, 1.54) is 4.31 Å². The Labute approximate surface area is 136 Å². The van der Waals surface area contributed by atoms with Crippen LogP contribution in [0.2, 0.25) is 0 Å². The smallest absolute Gasteiger partial charge is 0.280 e.